The molecule has 2 aromatic rings. The molecule has 7 heteroatoms. The van der Waals surface area contributed by atoms with E-state index in [0.29, 0.717) is 36.8 Å². The molecule has 1 saturated heterocycles. The molecule has 1 aliphatic rings. The Morgan fingerprint density at radius 3 is 2.87 bits per heavy atom. The number of rotatable bonds is 4. The van der Waals surface area contributed by atoms with Gasteiger partial charge >= 0.3 is 0 Å². The molecule has 0 radical (unpaired) electrons. The Bertz CT molecular complexity index is 699. The Morgan fingerprint density at radius 2 is 2.13 bits per heavy atom. The molecule has 1 fully saturated rings. The summed E-state index contributed by atoms with van der Waals surface area (Å²) in [5.74, 6) is -0.882. The molecule has 3 rings (SSSR count). The van der Waals surface area contributed by atoms with Crippen molar-refractivity contribution >= 4 is 5.82 Å². The van der Waals surface area contributed by atoms with Gasteiger partial charge < -0.3 is 14.7 Å². The molecular formula is C16H17F2N3O2. The van der Waals surface area contributed by atoms with Crippen LogP contribution in [0.1, 0.15) is 24.9 Å². The van der Waals surface area contributed by atoms with E-state index in [1.807, 2.05) is 11.8 Å². The smallest absolute Gasteiger partial charge is 0.234 e. The fourth-order valence-corrected chi connectivity index (χ4v) is 2.80. The topological polar surface area (TPSA) is 58.5 Å². The van der Waals surface area contributed by atoms with Gasteiger partial charge in [0, 0.05) is 6.54 Å². The van der Waals surface area contributed by atoms with Crippen LogP contribution in [0.5, 0.6) is 5.88 Å². The van der Waals surface area contributed by atoms with Crippen molar-refractivity contribution in [1.29, 1.82) is 0 Å². The van der Waals surface area contributed by atoms with Crippen LogP contribution in [0.25, 0.3) is 0 Å². The molecule has 2 atom stereocenters. The summed E-state index contributed by atoms with van der Waals surface area (Å²) in [7, 11) is 0. The number of hydrogen-bond donors (Lipinski definition) is 1. The Labute approximate surface area is 132 Å². The number of aliphatic hydroxyl groups excluding tert-OH is 1. The first-order valence-corrected chi connectivity index (χ1v) is 7.43. The van der Waals surface area contributed by atoms with E-state index in [4.69, 9.17) is 4.74 Å². The summed E-state index contributed by atoms with van der Waals surface area (Å²) in [6.07, 6.45) is 2.90. The highest BCUT2D eigenvalue weighted by Crippen LogP contribution is 2.36. The fourth-order valence-electron chi connectivity index (χ4n) is 2.80. The van der Waals surface area contributed by atoms with Crippen LogP contribution in [-0.2, 0) is 0 Å². The zero-order valence-corrected chi connectivity index (χ0v) is 12.6. The van der Waals surface area contributed by atoms with E-state index in [1.54, 1.807) is 6.20 Å². The third-order valence-electron chi connectivity index (χ3n) is 3.79. The van der Waals surface area contributed by atoms with Gasteiger partial charge in [0.05, 0.1) is 31.1 Å². The molecule has 1 N–H and O–H groups in total. The molecule has 1 aromatic heterocycles. The van der Waals surface area contributed by atoms with E-state index in [1.165, 1.54) is 12.3 Å². The molecular weight excluding hydrogens is 304 g/mol. The molecule has 0 saturated carbocycles. The highest BCUT2D eigenvalue weighted by Gasteiger charge is 2.33. The van der Waals surface area contributed by atoms with E-state index in [9.17, 15) is 13.9 Å². The SMILES string of the molecule is CCOc1cncc(N2C[C@@H](O)C[C@H]2c2ccc(F)c(F)c2)n1. The van der Waals surface area contributed by atoms with Gasteiger partial charge in [0.25, 0.3) is 0 Å². The third kappa shape index (κ3) is 3.24. The highest BCUT2D eigenvalue weighted by molar-refractivity contribution is 5.44. The lowest BCUT2D eigenvalue weighted by Crippen LogP contribution is -2.25. The first kappa shape index (κ1) is 15.6. The van der Waals surface area contributed by atoms with Gasteiger partial charge in [0.15, 0.2) is 17.5 Å². The summed E-state index contributed by atoms with van der Waals surface area (Å²) < 4.78 is 32.0. The van der Waals surface area contributed by atoms with E-state index in [2.05, 4.69) is 9.97 Å². The van der Waals surface area contributed by atoms with Crippen molar-refractivity contribution in [2.75, 3.05) is 18.1 Å². The number of aliphatic hydroxyl groups is 1. The van der Waals surface area contributed by atoms with Crippen molar-refractivity contribution in [3.8, 4) is 5.88 Å². The standard InChI is InChI=1S/C16H17F2N3O2/c1-2-23-16-8-19-7-15(20-16)21-9-11(22)6-14(21)10-3-4-12(17)13(18)5-10/h3-5,7-8,11,14,22H,2,6,9H2,1H3/t11-,14-/m0/s1. The number of benzene rings is 1. The van der Waals surface area contributed by atoms with Crippen LogP contribution in [0.3, 0.4) is 0 Å². The van der Waals surface area contributed by atoms with E-state index in [-0.39, 0.29) is 6.04 Å². The number of β-amino-alcohol motifs (C(OH)–C–C–N with tert-alkyl or cyclic N) is 1. The van der Waals surface area contributed by atoms with Crippen LogP contribution in [0.4, 0.5) is 14.6 Å². The van der Waals surface area contributed by atoms with E-state index in [0.717, 1.165) is 12.1 Å². The molecule has 1 aliphatic heterocycles. The Kier molecular flexibility index (Phi) is 4.38. The lowest BCUT2D eigenvalue weighted by molar-refractivity contribution is 0.194. The molecule has 122 valence electrons. The zero-order valence-electron chi connectivity index (χ0n) is 12.6. The summed E-state index contributed by atoms with van der Waals surface area (Å²) in [5, 5.41) is 10.0. The van der Waals surface area contributed by atoms with Gasteiger partial charge in [-0.2, -0.15) is 4.98 Å². The molecule has 23 heavy (non-hydrogen) atoms. The summed E-state index contributed by atoms with van der Waals surface area (Å²) in [4.78, 5) is 10.3. The van der Waals surface area contributed by atoms with Crippen molar-refractivity contribution in [2.45, 2.75) is 25.5 Å². The van der Waals surface area contributed by atoms with Crippen molar-refractivity contribution in [2.24, 2.45) is 0 Å². The number of nitrogens with zero attached hydrogens (tertiary/aromatic N) is 3. The fraction of sp³-hybridized carbons (Fsp3) is 0.375. The maximum absolute atomic E-state index is 13.5. The first-order valence-electron chi connectivity index (χ1n) is 7.43. The lowest BCUT2D eigenvalue weighted by Gasteiger charge is -2.25. The van der Waals surface area contributed by atoms with Gasteiger partial charge in [0.2, 0.25) is 5.88 Å². The minimum atomic E-state index is -0.905. The molecule has 0 amide bonds. The zero-order chi connectivity index (χ0) is 16.4. The van der Waals surface area contributed by atoms with Gasteiger partial charge in [-0.3, -0.25) is 4.98 Å². The molecule has 5 nitrogen and oxygen atoms in total. The highest BCUT2D eigenvalue weighted by atomic mass is 19.2. The second kappa shape index (κ2) is 6.45. The second-order valence-electron chi connectivity index (χ2n) is 5.38. The molecule has 0 unspecified atom stereocenters. The number of anilines is 1. The average molecular weight is 321 g/mol. The quantitative estimate of drug-likeness (QED) is 0.937. The summed E-state index contributed by atoms with van der Waals surface area (Å²) >= 11 is 0. The Balaban J connectivity index is 1.93. The van der Waals surface area contributed by atoms with Crippen molar-refractivity contribution in [3.63, 3.8) is 0 Å². The average Bonchev–Trinajstić information content (AvgIpc) is 2.93. The van der Waals surface area contributed by atoms with Gasteiger partial charge in [-0.25, -0.2) is 8.78 Å². The monoisotopic (exact) mass is 321 g/mol. The van der Waals surface area contributed by atoms with Crippen LogP contribution >= 0.6 is 0 Å². The van der Waals surface area contributed by atoms with Gasteiger partial charge in [-0.1, -0.05) is 6.07 Å². The van der Waals surface area contributed by atoms with Crippen molar-refractivity contribution in [3.05, 3.63) is 47.8 Å². The molecule has 2 heterocycles. The molecule has 0 aliphatic carbocycles. The third-order valence-corrected chi connectivity index (χ3v) is 3.79. The maximum atomic E-state index is 13.5. The van der Waals surface area contributed by atoms with E-state index < -0.39 is 17.7 Å². The normalized spacial score (nSPS) is 20.8. The number of aromatic nitrogens is 2. The van der Waals surface area contributed by atoms with Crippen molar-refractivity contribution < 1.29 is 18.6 Å². The molecule has 0 bridgehead atoms. The van der Waals surface area contributed by atoms with Gasteiger partial charge in [0.1, 0.15) is 0 Å². The van der Waals surface area contributed by atoms with Crippen LogP contribution in [0.2, 0.25) is 0 Å². The van der Waals surface area contributed by atoms with Gasteiger partial charge in [-0.15, -0.1) is 0 Å². The lowest BCUT2D eigenvalue weighted by atomic mass is 10.0. The predicted molar refractivity (Wildman–Crippen MR) is 80.3 cm³/mol. The number of hydrogen-bond acceptors (Lipinski definition) is 5. The largest absolute Gasteiger partial charge is 0.477 e. The Hall–Kier alpha value is -2.28. The second-order valence-corrected chi connectivity index (χ2v) is 5.38. The van der Waals surface area contributed by atoms with Crippen LogP contribution in [-0.4, -0.2) is 34.3 Å². The van der Waals surface area contributed by atoms with E-state index >= 15 is 0 Å². The first-order chi connectivity index (χ1) is 11.1. The summed E-state index contributed by atoms with van der Waals surface area (Å²) in [6.45, 7) is 2.65. The summed E-state index contributed by atoms with van der Waals surface area (Å²) in [6, 6.07) is 3.47. The Morgan fingerprint density at radius 1 is 1.30 bits per heavy atom. The predicted octanol–water partition coefficient (Wildman–Crippen LogP) is 2.47. The van der Waals surface area contributed by atoms with Crippen molar-refractivity contribution in [1.82, 2.24) is 9.97 Å². The molecule has 1 aromatic carbocycles. The summed E-state index contributed by atoms with van der Waals surface area (Å²) in [5.41, 5.74) is 0.587. The number of halogens is 2. The number of ether oxygens (including phenoxy) is 1. The van der Waals surface area contributed by atoms with Crippen LogP contribution in [0, 0.1) is 11.6 Å². The van der Waals surface area contributed by atoms with Gasteiger partial charge in [-0.05, 0) is 31.0 Å². The maximum Gasteiger partial charge on any atom is 0.234 e. The minimum absolute atomic E-state index is 0.300. The van der Waals surface area contributed by atoms with Crippen LogP contribution < -0.4 is 9.64 Å². The molecule has 0 spiro atoms. The van der Waals surface area contributed by atoms with Crippen LogP contribution in [0.15, 0.2) is 30.6 Å². The minimum Gasteiger partial charge on any atom is -0.477 e.